The van der Waals surface area contributed by atoms with Gasteiger partial charge in [0, 0.05) is 21.7 Å². The first-order valence-electron chi connectivity index (χ1n) is 10.0. The number of rotatable bonds is 4. The van der Waals surface area contributed by atoms with Crippen LogP contribution in [0.2, 0.25) is 5.02 Å². The molecular formula is C26H23ClN2O. The van der Waals surface area contributed by atoms with Crippen molar-refractivity contribution in [2.45, 2.75) is 27.2 Å². The highest BCUT2D eigenvalue weighted by molar-refractivity contribution is 6.30. The number of carbonyl (C=O) groups excluding carboxylic acids is 1. The van der Waals surface area contributed by atoms with Crippen molar-refractivity contribution in [2.75, 3.05) is 5.32 Å². The molecule has 4 rings (SSSR count). The molecule has 1 aromatic heterocycles. The van der Waals surface area contributed by atoms with Gasteiger partial charge in [0.05, 0.1) is 16.8 Å². The Balaban J connectivity index is 1.83. The molecule has 0 radical (unpaired) electrons. The second-order valence-electron chi connectivity index (χ2n) is 7.54. The summed E-state index contributed by atoms with van der Waals surface area (Å²) in [7, 11) is 0. The minimum absolute atomic E-state index is 0.146. The van der Waals surface area contributed by atoms with E-state index in [0.717, 1.165) is 45.4 Å². The number of fused-ring (bicyclic) bond motifs is 1. The molecule has 4 aromatic rings. The first kappa shape index (κ1) is 20.1. The lowest BCUT2D eigenvalue weighted by molar-refractivity contribution is 0.102. The summed E-state index contributed by atoms with van der Waals surface area (Å²) in [5.74, 6) is -0.146. The lowest BCUT2D eigenvalue weighted by Crippen LogP contribution is -2.13. The number of halogens is 1. The SMILES string of the molecule is CCc1ccc(NC(=O)c2cc(-c3ccc(Cl)cc3)nc3c(C)cc(C)cc23)cc1. The van der Waals surface area contributed by atoms with Crippen LogP contribution in [0.3, 0.4) is 0 Å². The number of benzene rings is 3. The maximum Gasteiger partial charge on any atom is 0.256 e. The Morgan fingerprint density at radius 1 is 0.967 bits per heavy atom. The fourth-order valence-corrected chi connectivity index (χ4v) is 3.79. The molecule has 0 aliphatic carbocycles. The summed E-state index contributed by atoms with van der Waals surface area (Å²) in [6, 6.07) is 21.4. The number of carbonyl (C=O) groups is 1. The summed E-state index contributed by atoms with van der Waals surface area (Å²) in [5, 5.41) is 4.56. The van der Waals surface area contributed by atoms with Gasteiger partial charge >= 0.3 is 0 Å². The van der Waals surface area contributed by atoms with Gasteiger partial charge in [0.1, 0.15) is 0 Å². The second kappa shape index (κ2) is 8.29. The van der Waals surface area contributed by atoms with Crippen LogP contribution in [0.4, 0.5) is 5.69 Å². The van der Waals surface area contributed by atoms with Gasteiger partial charge in [0.2, 0.25) is 0 Å². The molecular weight excluding hydrogens is 392 g/mol. The molecule has 0 bridgehead atoms. The van der Waals surface area contributed by atoms with Gasteiger partial charge in [-0.05, 0) is 67.8 Å². The van der Waals surface area contributed by atoms with E-state index < -0.39 is 0 Å². The smallest absolute Gasteiger partial charge is 0.256 e. The van der Waals surface area contributed by atoms with E-state index in [1.165, 1.54) is 5.56 Å². The second-order valence-corrected chi connectivity index (χ2v) is 7.98. The van der Waals surface area contributed by atoms with Crippen LogP contribution in [0, 0.1) is 13.8 Å². The minimum Gasteiger partial charge on any atom is -0.322 e. The number of hydrogen-bond donors (Lipinski definition) is 1. The Morgan fingerprint density at radius 2 is 1.67 bits per heavy atom. The van der Waals surface area contributed by atoms with E-state index in [1.807, 2.05) is 74.5 Å². The van der Waals surface area contributed by atoms with Gasteiger partial charge in [-0.3, -0.25) is 4.79 Å². The van der Waals surface area contributed by atoms with E-state index in [4.69, 9.17) is 16.6 Å². The molecule has 30 heavy (non-hydrogen) atoms. The molecule has 0 spiro atoms. The highest BCUT2D eigenvalue weighted by Gasteiger charge is 2.16. The average molecular weight is 415 g/mol. The lowest BCUT2D eigenvalue weighted by Gasteiger charge is -2.13. The van der Waals surface area contributed by atoms with E-state index in [0.29, 0.717) is 10.6 Å². The Kier molecular flexibility index (Phi) is 5.56. The van der Waals surface area contributed by atoms with Gasteiger partial charge in [-0.25, -0.2) is 4.98 Å². The van der Waals surface area contributed by atoms with Crippen LogP contribution in [0.25, 0.3) is 22.2 Å². The lowest BCUT2D eigenvalue weighted by atomic mass is 9.99. The third kappa shape index (κ3) is 4.07. The molecule has 1 N–H and O–H groups in total. The van der Waals surface area contributed by atoms with Gasteiger partial charge in [0.15, 0.2) is 0 Å². The molecule has 3 aromatic carbocycles. The number of pyridine rings is 1. The summed E-state index contributed by atoms with van der Waals surface area (Å²) < 4.78 is 0. The molecule has 0 saturated carbocycles. The van der Waals surface area contributed by atoms with Crippen LogP contribution < -0.4 is 5.32 Å². The van der Waals surface area contributed by atoms with Crippen molar-refractivity contribution in [3.63, 3.8) is 0 Å². The summed E-state index contributed by atoms with van der Waals surface area (Å²) in [6.45, 7) is 6.17. The van der Waals surface area contributed by atoms with Gasteiger partial charge in [-0.2, -0.15) is 0 Å². The Bertz CT molecular complexity index is 1230. The number of aryl methyl sites for hydroxylation is 3. The highest BCUT2D eigenvalue weighted by Crippen LogP contribution is 2.29. The van der Waals surface area contributed by atoms with Crippen LogP contribution in [0.1, 0.15) is 34.0 Å². The van der Waals surface area contributed by atoms with E-state index in [-0.39, 0.29) is 5.91 Å². The molecule has 0 aliphatic rings. The van der Waals surface area contributed by atoms with E-state index in [2.05, 4.69) is 18.3 Å². The Hall–Kier alpha value is -3.17. The Morgan fingerprint density at radius 3 is 2.33 bits per heavy atom. The predicted octanol–water partition coefficient (Wildman–Crippen LogP) is 6.99. The molecule has 0 unspecified atom stereocenters. The molecule has 4 heteroatoms. The number of hydrogen-bond acceptors (Lipinski definition) is 2. The molecule has 0 atom stereocenters. The molecule has 1 amide bonds. The number of nitrogens with zero attached hydrogens (tertiary/aromatic N) is 1. The molecule has 150 valence electrons. The third-order valence-corrected chi connectivity index (χ3v) is 5.50. The van der Waals surface area contributed by atoms with Crippen LogP contribution in [-0.2, 0) is 6.42 Å². The van der Waals surface area contributed by atoms with Crippen molar-refractivity contribution >= 4 is 34.1 Å². The van der Waals surface area contributed by atoms with Crippen LogP contribution in [0.15, 0.2) is 66.7 Å². The monoisotopic (exact) mass is 414 g/mol. The van der Waals surface area contributed by atoms with Crippen LogP contribution in [-0.4, -0.2) is 10.9 Å². The Labute approximate surface area is 181 Å². The normalized spacial score (nSPS) is 10.9. The summed E-state index contributed by atoms with van der Waals surface area (Å²) in [5.41, 5.74) is 7.26. The maximum absolute atomic E-state index is 13.3. The number of anilines is 1. The first-order valence-corrected chi connectivity index (χ1v) is 10.4. The van der Waals surface area contributed by atoms with E-state index >= 15 is 0 Å². The fourth-order valence-electron chi connectivity index (χ4n) is 3.66. The number of amides is 1. The van der Waals surface area contributed by atoms with E-state index in [9.17, 15) is 4.79 Å². The largest absolute Gasteiger partial charge is 0.322 e. The van der Waals surface area contributed by atoms with Crippen LogP contribution >= 0.6 is 11.6 Å². The van der Waals surface area contributed by atoms with E-state index in [1.54, 1.807) is 0 Å². The van der Waals surface area contributed by atoms with Gasteiger partial charge in [-0.1, -0.05) is 54.4 Å². The van der Waals surface area contributed by atoms with Gasteiger partial charge < -0.3 is 5.32 Å². The van der Waals surface area contributed by atoms with Crippen molar-refractivity contribution < 1.29 is 4.79 Å². The molecule has 0 saturated heterocycles. The standard InChI is InChI=1S/C26H23ClN2O/c1-4-18-5-11-21(12-6-18)28-26(30)23-15-24(19-7-9-20(27)10-8-19)29-25-17(3)13-16(2)14-22(23)25/h5-15H,4H2,1-3H3,(H,28,30). The van der Waals surface area contributed by atoms with Crippen molar-refractivity contribution in [2.24, 2.45) is 0 Å². The molecule has 0 fully saturated rings. The maximum atomic E-state index is 13.3. The van der Waals surface area contributed by atoms with Gasteiger partial charge in [-0.15, -0.1) is 0 Å². The zero-order chi connectivity index (χ0) is 21.3. The van der Waals surface area contributed by atoms with Crippen molar-refractivity contribution in [1.82, 2.24) is 4.98 Å². The fraction of sp³-hybridized carbons (Fsp3) is 0.154. The summed E-state index contributed by atoms with van der Waals surface area (Å²) in [4.78, 5) is 18.1. The number of nitrogens with one attached hydrogen (secondary N) is 1. The number of aromatic nitrogens is 1. The minimum atomic E-state index is -0.146. The van der Waals surface area contributed by atoms with Crippen molar-refractivity contribution in [3.05, 3.63) is 94.0 Å². The van der Waals surface area contributed by atoms with Crippen molar-refractivity contribution in [1.29, 1.82) is 0 Å². The summed E-state index contributed by atoms with van der Waals surface area (Å²) >= 11 is 6.05. The zero-order valence-electron chi connectivity index (χ0n) is 17.3. The summed E-state index contributed by atoms with van der Waals surface area (Å²) in [6.07, 6.45) is 0.965. The third-order valence-electron chi connectivity index (χ3n) is 5.25. The average Bonchev–Trinajstić information content (AvgIpc) is 2.74. The zero-order valence-corrected chi connectivity index (χ0v) is 18.0. The molecule has 0 aliphatic heterocycles. The highest BCUT2D eigenvalue weighted by atomic mass is 35.5. The topological polar surface area (TPSA) is 42.0 Å². The first-order chi connectivity index (χ1) is 14.4. The van der Waals surface area contributed by atoms with Crippen LogP contribution in [0.5, 0.6) is 0 Å². The molecule has 3 nitrogen and oxygen atoms in total. The predicted molar refractivity (Wildman–Crippen MR) is 125 cm³/mol. The van der Waals surface area contributed by atoms with Crippen molar-refractivity contribution in [3.8, 4) is 11.3 Å². The molecule has 1 heterocycles. The van der Waals surface area contributed by atoms with Gasteiger partial charge in [0.25, 0.3) is 5.91 Å². The quantitative estimate of drug-likeness (QED) is 0.391.